The van der Waals surface area contributed by atoms with Gasteiger partial charge in [0.05, 0.1) is 11.0 Å². The maximum atomic E-state index is 12.0. The number of carbonyl (C=O) groups is 1. The number of halogens is 1. The molecule has 7 heteroatoms. The third-order valence-corrected chi connectivity index (χ3v) is 3.03. The van der Waals surface area contributed by atoms with Crippen molar-refractivity contribution in [1.29, 1.82) is 0 Å². The number of hydrazine groups is 1. The van der Waals surface area contributed by atoms with E-state index >= 15 is 0 Å². The molecule has 0 radical (unpaired) electrons. The number of rotatable bonds is 2. The van der Waals surface area contributed by atoms with Crippen LogP contribution in [0.25, 0.3) is 11.0 Å². The van der Waals surface area contributed by atoms with E-state index in [-0.39, 0.29) is 12.1 Å². The van der Waals surface area contributed by atoms with Gasteiger partial charge in [-0.05, 0) is 25.1 Å². The Hall–Kier alpha value is -1.73. The van der Waals surface area contributed by atoms with E-state index in [9.17, 15) is 9.59 Å². The van der Waals surface area contributed by atoms with Crippen LogP contribution < -0.4 is 16.8 Å². The van der Waals surface area contributed by atoms with Crippen LogP contribution in [0, 0.1) is 6.92 Å². The summed E-state index contributed by atoms with van der Waals surface area (Å²) in [6, 6.07) is 5.31. The Morgan fingerprint density at radius 1 is 1.56 bits per heavy atom. The number of benzene rings is 1. The maximum Gasteiger partial charge on any atom is 0.272 e. The van der Waals surface area contributed by atoms with Gasteiger partial charge in [0.25, 0.3) is 11.5 Å². The van der Waals surface area contributed by atoms with Crippen LogP contribution >= 0.6 is 15.9 Å². The molecule has 94 valence electrons. The molecule has 0 saturated heterocycles. The summed E-state index contributed by atoms with van der Waals surface area (Å²) in [6.45, 7) is 1.48. The summed E-state index contributed by atoms with van der Waals surface area (Å²) < 4.78 is 2.21. The second-order valence-corrected chi connectivity index (χ2v) is 4.70. The number of aromatic nitrogens is 2. The first kappa shape index (κ1) is 12.7. The molecule has 1 amide bonds. The first-order valence-electron chi connectivity index (χ1n) is 5.19. The molecule has 3 N–H and O–H groups in total. The topological polar surface area (TPSA) is 90.0 Å². The summed E-state index contributed by atoms with van der Waals surface area (Å²) in [5.74, 6) is 4.60. The standard InChI is InChI=1S/C11H11BrN4O2/c1-6-11(18)16(5-10(17)15-13)9-3-2-7(12)4-8(9)14-6/h2-4H,5,13H2,1H3,(H,15,17). The van der Waals surface area contributed by atoms with E-state index in [2.05, 4.69) is 20.9 Å². The molecule has 0 saturated carbocycles. The van der Waals surface area contributed by atoms with Gasteiger partial charge >= 0.3 is 0 Å². The average Bonchev–Trinajstić information content (AvgIpc) is 2.34. The van der Waals surface area contributed by atoms with Crippen LogP contribution in [0.2, 0.25) is 0 Å². The Morgan fingerprint density at radius 3 is 2.94 bits per heavy atom. The van der Waals surface area contributed by atoms with E-state index in [0.29, 0.717) is 16.7 Å². The van der Waals surface area contributed by atoms with Gasteiger partial charge in [0, 0.05) is 4.47 Å². The van der Waals surface area contributed by atoms with E-state index < -0.39 is 5.91 Å². The Morgan fingerprint density at radius 2 is 2.28 bits per heavy atom. The molecule has 0 aliphatic carbocycles. The predicted molar refractivity (Wildman–Crippen MR) is 70.8 cm³/mol. The number of nitrogens with two attached hydrogens (primary N) is 1. The fourth-order valence-electron chi connectivity index (χ4n) is 1.69. The highest BCUT2D eigenvalue weighted by Crippen LogP contribution is 2.17. The van der Waals surface area contributed by atoms with Crippen LogP contribution in [0.5, 0.6) is 0 Å². The Kier molecular flexibility index (Phi) is 3.44. The monoisotopic (exact) mass is 310 g/mol. The minimum Gasteiger partial charge on any atom is -0.296 e. The van der Waals surface area contributed by atoms with Crippen LogP contribution in [0.15, 0.2) is 27.5 Å². The van der Waals surface area contributed by atoms with Crippen molar-refractivity contribution in [2.45, 2.75) is 13.5 Å². The van der Waals surface area contributed by atoms with Crippen LogP contribution in [-0.2, 0) is 11.3 Å². The predicted octanol–water partition coefficient (Wildman–Crippen LogP) is 0.457. The maximum absolute atomic E-state index is 12.0. The summed E-state index contributed by atoms with van der Waals surface area (Å²) in [6.07, 6.45) is 0. The van der Waals surface area contributed by atoms with Crippen molar-refractivity contribution in [3.63, 3.8) is 0 Å². The number of amides is 1. The molecule has 0 unspecified atom stereocenters. The molecular weight excluding hydrogens is 300 g/mol. The van der Waals surface area contributed by atoms with Crippen LogP contribution in [-0.4, -0.2) is 15.5 Å². The van der Waals surface area contributed by atoms with Crippen molar-refractivity contribution in [3.8, 4) is 0 Å². The van der Waals surface area contributed by atoms with E-state index in [1.54, 1.807) is 25.1 Å². The minimum absolute atomic E-state index is 0.128. The Balaban J connectivity index is 2.72. The van der Waals surface area contributed by atoms with E-state index in [4.69, 9.17) is 5.84 Å². The third kappa shape index (κ3) is 2.27. The first-order chi connectivity index (χ1) is 8.52. The van der Waals surface area contributed by atoms with Crippen molar-refractivity contribution in [3.05, 3.63) is 38.7 Å². The van der Waals surface area contributed by atoms with E-state index in [1.165, 1.54) is 4.57 Å². The fourth-order valence-corrected chi connectivity index (χ4v) is 2.04. The van der Waals surface area contributed by atoms with Gasteiger partial charge in [-0.2, -0.15) is 0 Å². The van der Waals surface area contributed by atoms with Crippen molar-refractivity contribution in [2.75, 3.05) is 0 Å². The third-order valence-electron chi connectivity index (χ3n) is 2.53. The number of nitrogens with zero attached hydrogens (tertiary/aromatic N) is 2. The number of hydrogen-bond donors (Lipinski definition) is 2. The lowest BCUT2D eigenvalue weighted by molar-refractivity contribution is -0.121. The van der Waals surface area contributed by atoms with Crippen molar-refractivity contribution in [2.24, 2.45) is 5.84 Å². The van der Waals surface area contributed by atoms with Gasteiger partial charge in [-0.25, -0.2) is 10.8 Å². The highest BCUT2D eigenvalue weighted by Gasteiger charge is 2.11. The normalized spacial score (nSPS) is 10.6. The smallest absolute Gasteiger partial charge is 0.272 e. The Labute approximate surface area is 111 Å². The van der Waals surface area contributed by atoms with Gasteiger partial charge in [-0.3, -0.25) is 19.6 Å². The van der Waals surface area contributed by atoms with Gasteiger partial charge in [0.2, 0.25) is 0 Å². The molecule has 0 fully saturated rings. The molecule has 0 atom stereocenters. The zero-order chi connectivity index (χ0) is 13.3. The molecule has 1 heterocycles. The van der Waals surface area contributed by atoms with Crippen LogP contribution in [0.4, 0.5) is 0 Å². The number of hydrogen-bond acceptors (Lipinski definition) is 4. The molecule has 0 aliphatic rings. The van der Waals surface area contributed by atoms with Crippen LogP contribution in [0.3, 0.4) is 0 Å². The van der Waals surface area contributed by atoms with E-state index in [1.807, 2.05) is 5.43 Å². The van der Waals surface area contributed by atoms with Gasteiger partial charge in [0.15, 0.2) is 0 Å². The van der Waals surface area contributed by atoms with Gasteiger partial charge < -0.3 is 0 Å². The average molecular weight is 311 g/mol. The van der Waals surface area contributed by atoms with E-state index in [0.717, 1.165) is 4.47 Å². The molecule has 6 nitrogen and oxygen atoms in total. The largest absolute Gasteiger partial charge is 0.296 e. The molecule has 0 spiro atoms. The van der Waals surface area contributed by atoms with Crippen molar-refractivity contribution in [1.82, 2.24) is 15.0 Å². The van der Waals surface area contributed by atoms with Gasteiger partial charge in [0.1, 0.15) is 12.2 Å². The quantitative estimate of drug-likeness (QED) is 0.479. The van der Waals surface area contributed by atoms with Crippen LogP contribution in [0.1, 0.15) is 5.69 Å². The first-order valence-corrected chi connectivity index (χ1v) is 5.98. The highest BCUT2D eigenvalue weighted by molar-refractivity contribution is 9.10. The molecule has 18 heavy (non-hydrogen) atoms. The fraction of sp³-hybridized carbons (Fsp3) is 0.182. The lowest BCUT2D eigenvalue weighted by Crippen LogP contribution is -2.37. The highest BCUT2D eigenvalue weighted by atomic mass is 79.9. The number of nitrogens with one attached hydrogen (secondary N) is 1. The number of carbonyl (C=O) groups excluding carboxylic acids is 1. The molecule has 0 bridgehead atoms. The van der Waals surface area contributed by atoms with Crippen molar-refractivity contribution >= 4 is 32.9 Å². The SMILES string of the molecule is Cc1nc2cc(Br)ccc2n(CC(=O)NN)c1=O. The molecule has 1 aromatic carbocycles. The lowest BCUT2D eigenvalue weighted by atomic mass is 10.2. The summed E-state index contributed by atoms with van der Waals surface area (Å²) >= 11 is 3.34. The summed E-state index contributed by atoms with van der Waals surface area (Å²) in [5.41, 5.74) is 3.29. The summed E-state index contributed by atoms with van der Waals surface area (Å²) in [7, 11) is 0. The Bertz CT molecular complexity index is 681. The number of fused-ring (bicyclic) bond motifs is 1. The van der Waals surface area contributed by atoms with Crippen molar-refractivity contribution < 1.29 is 4.79 Å². The summed E-state index contributed by atoms with van der Waals surface area (Å²) in [4.78, 5) is 27.5. The molecular formula is C11H11BrN4O2. The second kappa shape index (κ2) is 4.87. The molecule has 2 aromatic rings. The minimum atomic E-state index is -0.438. The van der Waals surface area contributed by atoms with Gasteiger partial charge in [-0.15, -0.1) is 0 Å². The zero-order valence-electron chi connectivity index (χ0n) is 9.61. The molecule has 0 aliphatic heterocycles. The molecule has 1 aromatic heterocycles. The molecule has 2 rings (SSSR count). The second-order valence-electron chi connectivity index (χ2n) is 3.79. The van der Waals surface area contributed by atoms with Gasteiger partial charge in [-0.1, -0.05) is 15.9 Å². The summed E-state index contributed by atoms with van der Waals surface area (Å²) in [5, 5.41) is 0. The number of aryl methyl sites for hydroxylation is 1. The lowest BCUT2D eigenvalue weighted by Gasteiger charge is -2.10. The zero-order valence-corrected chi connectivity index (χ0v) is 11.2.